The smallest absolute Gasteiger partial charge is 0.322 e. The zero-order chi connectivity index (χ0) is 24.6. The molecule has 35 heavy (non-hydrogen) atoms. The molecule has 0 unspecified atom stereocenters. The van der Waals surface area contributed by atoms with E-state index in [1.807, 2.05) is 73.7 Å². The van der Waals surface area contributed by atoms with E-state index in [0.717, 1.165) is 16.9 Å². The molecule has 0 saturated heterocycles. The summed E-state index contributed by atoms with van der Waals surface area (Å²) >= 11 is 0. The van der Waals surface area contributed by atoms with Crippen LogP contribution in [0.4, 0.5) is 16.3 Å². The minimum Gasteiger partial charge on any atom is -0.497 e. The average molecular weight is 470 g/mol. The molecular formula is C27H27N5O3. The van der Waals surface area contributed by atoms with Crippen LogP contribution in [0.15, 0.2) is 91.0 Å². The fourth-order valence-electron chi connectivity index (χ4n) is 3.57. The number of benzene rings is 3. The van der Waals surface area contributed by atoms with Crippen LogP contribution >= 0.6 is 0 Å². The van der Waals surface area contributed by atoms with Gasteiger partial charge in [-0.25, -0.2) is 9.48 Å². The molecule has 3 amide bonds. The number of amides is 3. The molecule has 8 nitrogen and oxygen atoms in total. The number of nitrogens with zero attached hydrogens (tertiary/aromatic N) is 3. The van der Waals surface area contributed by atoms with Crippen molar-refractivity contribution < 1.29 is 14.3 Å². The van der Waals surface area contributed by atoms with Gasteiger partial charge in [0, 0.05) is 29.9 Å². The monoisotopic (exact) mass is 469 g/mol. The van der Waals surface area contributed by atoms with Gasteiger partial charge < -0.3 is 20.3 Å². The van der Waals surface area contributed by atoms with Gasteiger partial charge in [-0.3, -0.25) is 4.79 Å². The summed E-state index contributed by atoms with van der Waals surface area (Å²) in [6.45, 7) is 2.06. The number of urea groups is 1. The molecule has 0 spiro atoms. The quantitative estimate of drug-likeness (QED) is 0.378. The number of anilines is 2. The van der Waals surface area contributed by atoms with E-state index in [1.165, 1.54) is 4.90 Å². The van der Waals surface area contributed by atoms with Gasteiger partial charge in [0.1, 0.15) is 18.1 Å². The second-order valence-corrected chi connectivity index (χ2v) is 7.75. The Bertz CT molecular complexity index is 1290. The van der Waals surface area contributed by atoms with E-state index >= 15 is 0 Å². The maximum absolute atomic E-state index is 13.0. The van der Waals surface area contributed by atoms with E-state index in [0.29, 0.717) is 23.8 Å². The lowest BCUT2D eigenvalue weighted by Crippen LogP contribution is -2.40. The number of hydrogen-bond donors (Lipinski definition) is 2. The molecule has 4 rings (SSSR count). The van der Waals surface area contributed by atoms with Crippen LogP contribution in [0.5, 0.6) is 5.75 Å². The SMILES string of the molecule is CCN(CC(=O)Nc1cc(-c2ccccc2)nn1-c1ccccc1)C(=O)Nc1cccc(OC)c1. The highest BCUT2D eigenvalue weighted by molar-refractivity contribution is 5.97. The Hall–Kier alpha value is -4.59. The Morgan fingerprint density at radius 1 is 0.914 bits per heavy atom. The van der Waals surface area contributed by atoms with E-state index < -0.39 is 0 Å². The molecule has 0 radical (unpaired) electrons. The zero-order valence-electron chi connectivity index (χ0n) is 19.6. The lowest BCUT2D eigenvalue weighted by atomic mass is 10.1. The fraction of sp³-hybridized carbons (Fsp3) is 0.148. The lowest BCUT2D eigenvalue weighted by molar-refractivity contribution is -0.116. The van der Waals surface area contributed by atoms with Crippen LogP contribution in [0.3, 0.4) is 0 Å². The Labute approximate surface area is 204 Å². The number of hydrogen-bond acceptors (Lipinski definition) is 4. The van der Waals surface area contributed by atoms with Crippen molar-refractivity contribution in [3.8, 4) is 22.7 Å². The van der Waals surface area contributed by atoms with E-state index in [1.54, 1.807) is 36.1 Å². The molecule has 2 N–H and O–H groups in total. The van der Waals surface area contributed by atoms with Gasteiger partial charge in [0.15, 0.2) is 0 Å². The molecular weight excluding hydrogens is 442 g/mol. The van der Waals surface area contributed by atoms with Crippen LogP contribution in [-0.2, 0) is 4.79 Å². The number of aromatic nitrogens is 2. The molecule has 178 valence electrons. The summed E-state index contributed by atoms with van der Waals surface area (Å²) in [4.78, 5) is 27.2. The maximum atomic E-state index is 13.0. The molecule has 3 aromatic carbocycles. The molecule has 0 atom stereocenters. The van der Waals surface area contributed by atoms with Crippen molar-refractivity contribution in [1.82, 2.24) is 14.7 Å². The minimum absolute atomic E-state index is 0.118. The summed E-state index contributed by atoms with van der Waals surface area (Å²) in [5.41, 5.74) is 3.06. The first-order chi connectivity index (χ1) is 17.1. The van der Waals surface area contributed by atoms with E-state index in [2.05, 4.69) is 10.6 Å². The second kappa shape index (κ2) is 11.0. The van der Waals surface area contributed by atoms with Crippen LogP contribution in [0, 0.1) is 0 Å². The normalized spacial score (nSPS) is 10.5. The van der Waals surface area contributed by atoms with E-state index in [9.17, 15) is 9.59 Å². The molecule has 0 aliphatic rings. The highest BCUT2D eigenvalue weighted by Gasteiger charge is 2.19. The third-order valence-electron chi connectivity index (χ3n) is 5.37. The topological polar surface area (TPSA) is 88.5 Å². The summed E-state index contributed by atoms with van der Waals surface area (Å²) in [5, 5.41) is 10.4. The van der Waals surface area contributed by atoms with Gasteiger partial charge in [-0.1, -0.05) is 54.6 Å². The van der Waals surface area contributed by atoms with Crippen LogP contribution in [0.25, 0.3) is 16.9 Å². The number of nitrogens with one attached hydrogen (secondary N) is 2. The first-order valence-corrected chi connectivity index (χ1v) is 11.3. The fourth-order valence-corrected chi connectivity index (χ4v) is 3.57. The molecule has 0 bridgehead atoms. The van der Waals surface area contributed by atoms with Crippen LogP contribution in [0.2, 0.25) is 0 Å². The van der Waals surface area contributed by atoms with Crippen molar-refractivity contribution in [3.05, 3.63) is 91.0 Å². The van der Waals surface area contributed by atoms with E-state index in [4.69, 9.17) is 9.84 Å². The molecule has 0 fully saturated rings. The van der Waals surface area contributed by atoms with Crippen LogP contribution in [0.1, 0.15) is 6.92 Å². The van der Waals surface area contributed by atoms with Crippen molar-refractivity contribution in [1.29, 1.82) is 0 Å². The number of methoxy groups -OCH3 is 1. The van der Waals surface area contributed by atoms with Crippen molar-refractivity contribution in [2.75, 3.05) is 30.8 Å². The Morgan fingerprint density at radius 3 is 2.31 bits per heavy atom. The molecule has 4 aromatic rings. The van der Waals surface area contributed by atoms with Crippen LogP contribution < -0.4 is 15.4 Å². The van der Waals surface area contributed by atoms with Gasteiger partial charge in [-0.05, 0) is 31.2 Å². The van der Waals surface area contributed by atoms with Gasteiger partial charge in [0.25, 0.3) is 0 Å². The molecule has 0 aliphatic heterocycles. The van der Waals surface area contributed by atoms with Gasteiger partial charge in [0.2, 0.25) is 5.91 Å². The lowest BCUT2D eigenvalue weighted by Gasteiger charge is -2.21. The van der Waals surface area contributed by atoms with Gasteiger partial charge in [-0.15, -0.1) is 0 Å². The molecule has 8 heteroatoms. The number of carbonyl (C=O) groups is 2. The Morgan fingerprint density at radius 2 is 1.63 bits per heavy atom. The number of likely N-dealkylation sites (N-methyl/N-ethyl adjacent to an activating group) is 1. The standard InChI is InChI=1S/C27H27N5O3/c1-3-31(27(34)28-21-13-10-16-23(17-21)35-2)19-26(33)29-25-18-24(20-11-6-4-7-12-20)30-32(25)22-14-8-5-9-15-22/h4-18H,3,19H2,1-2H3,(H,28,34)(H,29,33). The van der Waals surface area contributed by atoms with Crippen molar-refractivity contribution in [2.24, 2.45) is 0 Å². The number of ether oxygens (including phenoxy) is 1. The number of rotatable bonds is 8. The minimum atomic E-state index is -0.377. The summed E-state index contributed by atoms with van der Waals surface area (Å²) in [7, 11) is 1.56. The van der Waals surface area contributed by atoms with Crippen molar-refractivity contribution in [2.45, 2.75) is 6.92 Å². The summed E-state index contributed by atoms with van der Waals surface area (Å²) < 4.78 is 6.89. The predicted octanol–water partition coefficient (Wildman–Crippen LogP) is 5.04. The number of carbonyl (C=O) groups excluding carboxylic acids is 2. The molecule has 0 aliphatic carbocycles. The summed E-state index contributed by atoms with van der Waals surface area (Å²) in [5.74, 6) is 0.820. The van der Waals surface area contributed by atoms with Crippen molar-refractivity contribution >= 4 is 23.4 Å². The third-order valence-corrected chi connectivity index (χ3v) is 5.37. The first kappa shape index (κ1) is 23.6. The summed E-state index contributed by atoms with van der Waals surface area (Å²) in [6.07, 6.45) is 0. The van der Waals surface area contributed by atoms with Gasteiger partial charge >= 0.3 is 6.03 Å². The largest absolute Gasteiger partial charge is 0.497 e. The predicted molar refractivity (Wildman–Crippen MR) is 137 cm³/mol. The average Bonchev–Trinajstić information content (AvgIpc) is 3.32. The van der Waals surface area contributed by atoms with Crippen molar-refractivity contribution in [3.63, 3.8) is 0 Å². The zero-order valence-corrected chi connectivity index (χ0v) is 19.6. The molecule has 1 heterocycles. The summed E-state index contributed by atoms with van der Waals surface area (Å²) in [6, 6.07) is 27.8. The van der Waals surface area contributed by atoms with E-state index in [-0.39, 0.29) is 18.5 Å². The molecule has 0 saturated carbocycles. The van der Waals surface area contributed by atoms with Gasteiger partial charge in [0.05, 0.1) is 18.5 Å². The Balaban J connectivity index is 1.51. The van der Waals surface area contributed by atoms with Gasteiger partial charge in [-0.2, -0.15) is 5.10 Å². The second-order valence-electron chi connectivity index (χ2n) is 7.75. The van der Waals surface area contributed by atoms with Crippen LogP contribution in [-0.4, -0.2) is 46.8 Å². The Kier molecular flexibility index (Phi) is 7.42. The highest BCUT2D eigenvalue weighted by Crippen LogP contribution is 2.25. The first-order valence-electron chi connectivity index (χ1n) is 11.3. The molecule has 1 aromatic heterocycles. The highest BCUT2D eigenvalue weighted by atomic mass is 16.5. The third kappa shape index (κ3) is 5.86. The number of para-hydroxylation sites is 1. The maximum Gasteiger partial charge on any atom is 0.322 e.